The summed E-state index contributed by atoms with van der Waals surface area (Å²) in [4.78, 5) is 0. The third-order valence-corrected chi connectivity index (χ3v) is 0.899. The van der Waals surface area contributed by atoms with E-state index < -0.39 is 0 Å². The van der Waals surface area contributed by atoms with E-state index in [1.54, 1.807) is 0 Å². The number of alkyl halides is 2. The van der Waals surface area contributed by atoms with E-state index in [4.69, 9.17) is 34.2 Å². The summed E-state index contributed by atoms with van der Waals surface area (Å²) in [5.41, 5.74) is 4.92. The minimum atomic E-state index is 0.472. The van der Waals surface area contributed by atoms with Gasteiger partial charge < -0.3 is 5.73 Å². The Morgan fingerprint density at radius 1 is 1.33 bits per heavy atom. The molecule has 0 aliphatic rings. The van der Waals surface area contributed by atoms with E-state index in [9.17, 15) is 0 Å². The molecule has 0 unspecified atom stereocenters. The molecule has 2 N–H and O–H groups in total. The average molecular weight is 169 g/mol. The van der Waals surface area contributed by atoms with E-state index in [1.807, 2.05) is 6.07 Å². The quantitative estimate of drug-likeness (QED) is 0.633. The van der Waals surface area contributed by atoms with Gasteiger partial charge in [-0.2, -0.15) is 5.26 Å². The van der Waals surface area contributed by atoms with Crippen molar-refractivity contribution in [1.82, 2.24) is 0 Å². The van der Waals surface area contributed by atoms with Crippen molar-refractivity contribution in [3.63, 3.8) is 0 Å². The lowest BCUT2D eigenvalue weighted by molar-refractivity contribution is 1.02. The third kappa shape index (κ3) is 31.8. The fourth-order valence-electron chi connectivity index (χ4n) is 0.0645. The van der Waals surface area contributed by atoms with Crippen LogP contribution in [0.2, 0.25) is 0 Å². The van der Waals surface area contributed by atoms with E-state index in [2.05, 4.69) is 0 Å². The van der Waals surface area contributed by atoms with Crippen molar-refractivity contribution in [3.8, 4) is 6.07 Å². The van der Waals surface area contributed by atoms with Crippen LogP contribution in [0.3, 0.4) is 0 Å². The highest BCUT2D eigenvalue weighted by Gasteiger charge is 1.65. The summed E-state index contributed by atoms with van der Waals surface area (Å²) < 4.78 is 0. The summed E-state index contributed by atoms with van der Waals surface area (Å²) in [6, 6.07) is 1.89. The van der Waals surface area contributed by atoms with E-state index in [-0.39, 0.29) is 0 Å². The minimum Gasteiger partial charge on any atom is -0.329 e. The number of nitriles is 1. The molecule has 0 aliphatic carbocycles. The van der Waals surface area contributed by atoms with Gasteiger partial charge in [-0.1, -0.05) is 0 Å². The molecule has 0 fully saturated rings. The van der Waals surface area contributed by atoms with Gasteiger partial charge in [-0.3, -0.25) is 0 Å². The molecule has 0 aromatic heterocycles. The first-order valence-corrected chi connectivity index (χ1v) is 3.59. The summed E-state index contributed by atoms with van der Waals surface area (Å²) in [5.74, 6) is 1.11. The Morgan fingerprint density at radius 2 is 1.78 bits per heavy atom. The number of rotatable bonds is 2. The summed E-state index contributed by atoms with van der Waals surface area (Å²) in [6.45, 7) is 0.483. The molecule has 4 heteroatoms. The Hall–Kier alpha value is 0.0300. The Balaban J connectivity index is 0. The molecule has 54 valence electrons. The lowest BCUT2D eigenvalue weighted by Gasteiger charge is -1.68. The van der Waals surface area contributed by atoms with Gasteiger partial charge in [-0.25, -0.2) is 0 Å². The second kappa shape index (κ2) is 15.7. The van der Waals surface area contributed by atoms with Crippen molar-refractivity contribution in [2.75, 3.05) is 18.3 Å². The largest absolute Gasteiger partial charge is 0.329 e. The maximum Gasteiger partial charge on any atom is 0.0635 e. The molecule has 0 spiro atoms. The molecular weight excluding hydrogens is 159 g/mol. The second-order valence-corrected chi connectivity index (χ2v) is 1.83. The highest BCUT2D eigenvalue weighted by atomic mass is 35.5. The van der Waals surface area contributed by atoms with E-state index >= 15 is 0 Å². The lowest BCUT2D eigenvalue weighted by atomic mass is 10.5. The lowest BCUT2D eigenvalue weighted by Crippen LogP contribution is -1.94. The Labute approximate surface area is 65.5 Å². The van der Waals surface area contributed by atoms with Gasteiger partial charge in [-0.05, 0) is 0 Å². The van der Waals surface area contributed by atoms with Gasteiger partial charge in [0.15, 0.2) is 0 Å². The molecule has 0 radical (unpaired) electrons. The predicted octanol–water partition coefficient (Wildman–Crippen LogP) is 1.32. The fourth-order valence-corrected chi connectivity index (χ4v) is 0.0645. The summed E-state index contributed by atoms with van der Waals surface area (Å²) >= 11 is 10.1. The standard InChI is InChI=1S/C3H6N2.C2H4Cl2/c4-2-1-3-5;3-1-2-4/h1-2,4H2;1-2H2. The minimum absolute atomic E-state index is 0.472. The van der Waals surface area contributed by atoms with Crippen molar-refractivity contribution < 1.29 is 0 Å². The van der Waals surface area contributed by atoms with Crippen LogP contribution in [0.25, 0.3) is 0 Å². The zero-order valence-corrected chi connectivity index (χ0v) is 6.62. The van der Waals surface area contributed by atoms with Crippen LogP contribution in [-0.4, -0.2) is 18.3 Å². The van der Waals surface area contributed by atoms with Crippen LogP contribution < -0.4 is 5.73 Å². The average Bonchev–Trinajstić information content (AvgIpc) is 1.91. The zero-order chi connectivity index (χ0) is 7.54. The normalized spacial score (nSPS) is 6.89. The van der Waals surface area contributed by atoms with Crippen LogP contribution in [0, 0.1) is 11.3 Å². The molecule has 0 saturated carbocycles. The smallest absolute Gasteiger partial charge is 0.0635 e. The predicted molar refractivity (Wildman–Crippen MR) is 40.7 cm³/mol. The number of nitrogens with two attached hydrogens (primary N) is 1. The summed E-state index contributed by atoms with van der Waals surface area (Å²) in [5, 5.41) is 7.74. The van der Waals surface area contributed by atoms with Crippen LogP contribution in [-0.2, 0) is 0 Å². The first kappa shape index (κ1) is 11.8. The first-order valence-electron chi connectivity index (χ1n) is 2.52. The van der Waals surface area contributed by atoms with Crippen molar-refractivity contribution >= 4 is 23.2 Å². The molecule has 9 heavy (non-hydrogen) atoms. The number of hydrogen-bond acceptors (Lipinski definition) is 2. The van der Waals surface area contributed by atoms with Gasteiger partial charge in [0.25, 0.3) is 0 Å². The monoisotopic (exact) mass is 168 g/mol. The highest BCUT2D eigenvalue weighted by Crippen LogP contribution is 1.75. The Bertz CT molecular complexity index is 67.8. The molecule has 0 bridgehead atoms. The van der Waals surface area contributed by atoms with Gasteiger partial charge in [0, 0.05) is 24.7 Å². The Morgan fingerprint density at radius 3 is 1.78 bits per heavy atom. The molecule has 0 heterocycles. The summed E-state index contributed by atoms with van der Waals surface area (Å²) in [7, 11) is 0. The molecule has 0 rings (SSSR count). The number of halogens is 2. The SMILES string of the molecule is ClCCCl.N#CCCN. The van der Waals surface area contributed by atoms with E-state index in [1.165, 1.54) is 0 Å². The molecule has 0 amide bonds. The van der Waals surface area contributed by atoms with Gasteiger partial charge in [-0.15, -0.1) is 23.2 Å². The summed E-state index contributed by atoms with van der Waals surface area (Å²) in [6.07, 6.45) is 0.472. The van der Waals surface area contributed by atoms with Gasteiger partial charge in [0.05, 0.1) is 6.07 Å². The van der Waals surface area contributed by atoms with Crippen LogP contribution >= 0.6 is 23.2 Å². The molecule has 0 atom stereocenters. The van der Waals surface area contributed by atoms with Crippen LogP contribution in [0.4, 0.5) is 0 Å². The number of nitrogens with zero attached hydrogens (tertiary/aromatic N) is 1. The molecule has 0 aromatic rings. The maximum absolute atomic E-state index is 7.74. The molecule has 0 aliphatic heterocycles. The van der Waals surface area contributed by atoms with E-state index in [0.717, 1.165) is 0 Å². The van der Waals surface area contributed by atoms with Crippen molar-refractivity contribution in [2.45, 2.75) is 6.42 Å². The van der Waals surface area contributed by atoms with E-state index in [0.29, 0.717) is 24.7 Å². The van der Waals surface area contributed by atoms with Gasteiger partial charge >= 0.3 is 0 Å². The highest BCUT2D eigenvalue weighted by molar-refractivity contribution is 6.25. The van der Waals surface area contributed by atoms with Gasteiger partial charge in [0.1, 0.15) is 0 Å². The van der Waals surface area contributed by atoms with Crippen molar-refractivity contribution in [2.24, 2.45) is 5.73 Å². The third-order valence-electron chi connectivity index (χ3n) is 0.328. The molecular formula is C5H10Cl2N2. The topological polar surface area (TPSA) is 49.8 Å². The molecule has 0 saturated heterocycles. The van der Waals surface area contributed by atoms with Crippen LogP contribution in [0.15, 0.2) is 0 Å². The van der Waals surface area contributed by atoms with Crippen LogP contribution in [0.5, 0.6) is 0 Å². The fraction of sp³-hybridized carbons (Fsp3) is 0.800. The molecule has 0 aromatic carbocycles. The first-order chi connectivity index (χ1) is 4.33. The number of hydrogen-bond donors (Lipinski definition) is 1. The Kier molecular flexibility index (Phi) is 20.5. The van der Waals surface area contributed by atoms with Gasteiger partial charge in [0.2, 0.25) is 0 Å². The zero-order valence-electron chi connectivity index (χ0n) is 5.11. The maximum atomic E-state index is 7.74. The second-order valence-electron chi connectivity index (χ2n) is 1.07. The molecule has 2 nitrogen and oxygen atoms in total. The van der Waals surface area contributed by atoms with Crippen molar-refractivity contribution in [1.29, 1.82) is 5.26 Å². The van der Waals surface area contributed by atoms with Crippen molar-refractivity contribution in [3.05, 3.63) is 0 Å². The van der Waals surface area contributed by atoms with Crippen LogP contribution in [0.1, 0.15) is 6.42 Å².